The molecule has 0 N–H and O–H groups in total. The molecule has 4 aromatic rings. The number of carbonyl (C=O) groups excluding carboxylic acids is 1. The Morgan fingerprint density at radius 2 is 1.97 bits per heavy atom. The Bertz CT molecular complexity index is 1450. The lowest BCUT2D eigenvalue weighted by Crippen LogP contribution is -2.22. The Morgan fingerprint density at radius 3 is 2.67 bits per heavy atom. The fraction of sp³-hybridized carbons (Fsp3) is 0.182. The number of sulfonamides is 1. The second kappa shape index (κ2) is 9.44. The van der Waals surface area contributed by atoms with E-state index in [1.54, 1.807) is 0 Å². The Morgan fingerprint density at radius 1 is 1.21 bits per heavy atom. The molecule has 2 aromatic heterocycles. The van der Waals surface area contributed by atoms with Crippen molar-refractivity contribution >= 4 is 50.0 Å². The van der Waals surface area contributed by atoms with E-state index in [-0.39, 0.29) is 21.7 Å². The van der Waals surface area contributed by atoms with Crippen LogP contribution < -0.4 is 0 Å². The molecular weight excluding hydrogens is 480 g/mol. The number of carbonyl (C=O) groups is 1. The highest BCUT2D eigenvalue weighted by molar-refractivity contribution is 7.99. The highest BCUT2D eigenvalue weighted by atomic mass is 32.2. The zero-order valence-electron chi connectivity index (χ0n) is 17.6. The molecule has 0 bridgehead atoms. The normalized spacial score (nSPS) is 12.7. The Labute approximate surface area is 198 Å². The summed E-state index contributed by atoms with van der Waals surface area (Å²) >= 11 is 2.33. The number of fused-ring (bicyclic) bond motifs is 1. The van der Waals surface area contributed by atoms with E-state index in [1.165, 1.54) is 43.6 Å². The van der Waals surface area contributed by atoms with Crippen LogP contribution in [0.3, 0.4) is 0 Å². The summed E-state index contributed by atoms with van der Waals surface area (Å²) < 4.78 is 31.4. The zero-order chi connectivity index (χ0) is 23.6. The number of ketones is 1. The summed E-state index contributed by atoms with van der Waals surface area (Å²) in [6.07, 6.45) is 0. The lowest BCUT2D eigenvalue weighted by atomic mass is 10.1. The third-order valence-corrected chi connectivity index (χ3v) is 8.32. The van der Waals surface area contributed by atoms with Gasteiger partial charge in [-0.15, -0.1) is 11.3 Å². The molecule has 1 atom stereocenters. The topological polar surface area (TPSA) is 117 Å². The third-order valence-electron chi connectivity index (χ3n) is 4.75. The second-order valence-electron chi connectivity index (χ2n) is 7.15. The number of nitriles is 1. The first-order valence-corrected chi connectivity index (χ1v) is 13.0. The van der Waals surface area contributed by atoms with Gasteiger partial charge in [-0.05, 0) is 18.2 Å². The van der Waals surface area contributed by atoms with Crippen molar-refractivity contribution in [3.05, 3.63) is 58.9 Å². The Kier molecular flexibility index (Phi) is 6.62. The average Bonchev–Trinajstić information content (AvgIpc) is 3.45. The predicted octanol–water partition coefficient (Wildman–Crippen LogP) is 4.17. The van der Waals surface area contributed by atoms with Crippen molar-refractivity contribution in [2.24, 2.45) is 0 Å². The van der Waals surface area contributed by atoms with Gasteiger partial charge in [0.05, 0.1) is 22.4 Å². The highest BCUT2D eigenvalue weighted by Crippen LogP contribution is 2.30. The molecule has 0 aliphatic rings. The molecule has 168 valence electrons. The van der Waals surface area contributed by atoms with Crippen LogP contribution in [0.1, 0.15) is 10.9 Å². The third kappa shape index (κ3) is 4.84. The number of aromatic nitrogens is 2. The van der Waals surface area contributed by atoms with Crippen molar-refractivity contribution < 1.29 is 17.6 Å². The summed E-state index contributed by atoms with van der Waals surface area (Å²) in [6.45, 7) is 0. The largest absolute Gasteiger partial charge is 0.431 e. The summed E-state index contributed by atoms with van der Waals surface area (Å²) in [6, 6.07) is 16.0. The minimum absolute atomic E-state index is 0.0336. The first-order valence-electron chi connectivity index (χ1n) is 9.68. The van der Waals surface area contributed by atoms with E-state index in [1.807, 2.05) is 41.8 Å². The average molecular weight is 499 g/mol. The van der Waals surface area contributed by atoms with E-state index in [4.69, 9.17) is 4.42 Å². The number of hydrogen-bond acceptors (Lipinski definition) is 9. The van der Waals surface area contributed by atoms with Gasteiger partial charge in [-0.3, -0.25) is 4.79 Å². The van der Waals surface area contributed by atoms with Gasteiger partial charge in [0.25, 0.3) is 5.22 Å². The van der Waals surface area contributed by atoms with Gasteiger partial charge in [0, 0.05) is 25.0 Å². The van der Waals surface area contributed by atoms with E-state index in [2.05, 4.69) is 9.97 Å². The maximum atomic E-state index is 12.7. The Balaban J connectivity index is 1.47. The lowest BCUT2D eigenvalue weighted by molar-refractivity contribution is -0.116. The van der Waals surface area contributed by atoms with Crippen LogP contribution in [0.25, 0.3) is 22.4 Å². The number of hydrogen-bond donors (Lipinski definition) is 0. The molecule has 1 unspecified atom stereocenters. The second-order valence-corrected chi connectivity index (χ2v) is 11.1. The summed E-state index contributed by atoms with van der Waals surface area (Å²) in [5.41, 5.74) is 2.42. The number of nitrogens with zero attached hydrogens (tertiary/aromatic N) is 4. The van der Waals surface area contributed by atoms with Crippen molar-refractivity contribution in [3.63, 3.8) is 0 Å². The van der Waals surface area contributed by atoms with Gasteiger partial charge in [0.15, 0.2) is 17.3 Å². The highest BCUT2D eigenvalue weighted by Gasteiger charge is 2.25. The molecule has 0 fully saturated rings. The molecule has 0 aliphatic carbocycles. The van der Waals surface area contributed by atoms with Gasteiger partial charge < -0.3 is 4.42 Å². The van der Waals surface area contributed by atoms with Crippen LogP contribution >= 0.6 is 23.1 Å². The van der Waals surface area contributed by atoms with Crippen molar-refractivity contribution in [2.75, 3.05) is 19.8 Å². The molecule has 0 aliphatic heterocycles. The summed E-state index contributed by atoms with van der Waals surface area (Å²) in [5, 5.41) is 12.1. The van der Waals surface area contributed by atoms with Crippen molar-refractivity contribution in [3.8, 4) is 17.3 Å². The van der Waals surface area contributed by atoms with Crippen LogP contribution in [0.4, 0.5) is 0 Å². The molecule has 33 heavy (non-hydrogen) atoms. The number of thiazole rings is 1. The van der Waals surface area contributed by atoms with E-state index >= 15 is 0 Å². The first-order chi connectivity index (χ1) is 15.8. The SMILES string of the molecule is CN(C)S(=O)(=O)c1ccc2oc(SCC(=O)C(C#N)c3nc(-c4ccccc4)cs3)nc2c1. The molecule has 0 radical (unpaired) electrons. The molecule has 0 saturated heterocycles. The summed E-state index contributed by atoms with van der Waals surface area (Å²) in [4.78, 5) is 21.6. The van der Waals surface area contributed by atoms with Crippen LogP contribution in [-0.4, -0.2) is 48.3 Å². The number of oxazole rings is 1. The monoisotopic (exact) mass is 498 g/mol. The minimum Gasteiger partial charge on any atom is -0.431 e. The maximum Gasteiger partial charge on any atom is 0.257 e. The molecule has 11 heteroatoms. The molecule has 0 spiro atoms. The molecule has 2 heterocycles. The molecule has 8 nitrogen and oxygen atoms in total. The standard InChI is InChI=1S/C22H18N4O4S3/c1-26(2)33(28,29)15-8-9-20-17(10-15)25-22(30-20)32-13-19(27)16(11-23)21-24-18(12-31-21)14-6-4-3-5-7-14/h3-10,12,16H,13H2,1-2H3. The predicted molar refractivity (Wildman–Crippen MR) is 127 cm³/mol. The van der Waals surface area contributed by atoms with Crippen LogP contribution in [0.5, 0.6) is 0 Å². The molecule has 0 amide bonds. The van der Waals surface area contributed by atoms with E-state index in [0.29, 0.717) is 16.1 Å². The van der Waals surface area contributed by atoms with Gasteiger partial charge >= 0.3 is 0 Å². The van der Waals surface area contributed by atoms with Gasteiger partial charge in [0.2, 0.25) is 10.0 Å². The summed E-state index contributed by atoms with van der Waals surface area (Å²) in [7, 11) is -0.698. The number of benzene rings is 2. The number of rotatable bonds is 8. The van der Waals surface area contributed by atoms with Gasteiger partial charge in [-0.25, -0.2) is 22.7 Å². The van der Waals surface area contributed by atoms with E-state index in [9.17, 15) is 18.5 Å². The summed E-state index contributed by atoms with van der Waals surface area (Å²) in [5.74, 6) is -1.33. The minimum atomic E-state index is -3.60. The van der Waals surface area contributed by atoms with E-state index in [0.717, 1.165) is 27.3 Å². The van der Waals surface area contributed by atoms with Crippen LogP contribution in [-0.2, 0) is 14.8 Å². The van der Waals surface area contributed by atoms with Crippen LogP contribution in [0, 0.1) is 11.3 Å². The first kappa shape index (κ1) is 23.1. The maximum absolute atomic E-state index is 12.7. The molecular formula is C22H18N4O4S3. The van der Waals surface area contributed by atoms with Crippen LogP contribution in [0.15, 0.2) is 68.4 Å². The number of thioether (sulfide) groups is 1. The fourth-order valence-corrected chi connectivity index (χ4v) is 5.52. The molecule has 0 saturated carbocycles. The van der Waals surface area contributed by atoms with Crippen LogP contribution in [0.2, 0.25) is 0 Å². The van der Waals surface area contributed by atoms with Crippen molar-refractivity contribution in [1.82, 2.24) is 14.3 Å². The Hall–Kier alpha value is -3.04. The van der Waals surface area contributed by atoms with Crippen molar-refractivity contribution in [2.45, 2.75) is 16.0 Å². The van der Waals surface area contributed by atoms with Gasteiger partial charge in [-0.1, -0.05) is 42.1 Å². The smallest absolute Gasteiger partial charge is 0.257 e. The van der Waals surface area contributed by atoms with Crippen molar-refractivity contribution in [1.29, 1.82) is 5.26 Å². The molecule has 4 rings (SSSR count). The lowest BCUT2D eigenvalue weighted by Gasteiger charge is -2.10. The van der Waals surface area contributed by atoms with E-state index < -0.39 is 15.9 Å². The molecule has 2 aromatic carbocycles. The quantitative estimate of drug-likeness (QED) is 0.332. The zero-order valence-corrected chi connectivity index (χ0v) is 20.1. The number of Topliss-reactive ketones (excluding diaryl/α,β-unsaturated/α-hetero) is 1. The van der Waals surface area contributed by atoms with Gasteiger partial charge in [0.1, 0.15) is 10.5 Å². The van der Waals surface area contributed by atoms with Gasteiger partial charge in [-0.2, -0.15) is 5.26 Å². The fourth-order valence-electron chi connectivity index (χ4n) is 2.96.